The summed E-state index contributed by atoms with van der Waals surface area (Å²) in [5.74, 6) is -3.63. The van der Waals surface area contributed by atoms with E-state index in [-0.39, 0.29) is 98.3 Å². The molecule has 2 aromatic rings. The predicted molar refractivity (Wildman–Crippen MR) is 265 cm³/mol. The van der Waals surface area contributed by atoms with Gasteiger partial charge in [0.2, 0.25) is 17.7 Å². The lowest BCUT2D eigenvalue weighted by Gasteiger charge is -2.29. The fraction of sp³-hybridized carbons (Fsp3) is 0.593. The standard InChI is InChI=1S/C54H74ClN3O12/c1-11-38(59)14-12-15-39(60)29-40(32(4)5)50(63)57-34(7)43(61)24-20-35-18-22-37(23-19-35)49-48(70-49)33(6)44-16-13-17-47(62)58-42(28-36-21-25-45(67-10)41(55)27-36)51(64)56-30-54(8,9)53(66)69-46(26-31(2)3)52(65)68-44/h13,17-19,21-23,25,27,31-34,40,42,44,46,48-49H,11-12,14-16,20,24,26,28-30H2,1-10H3,(H,56,64)(H,57,63)(H,58,62)/b17-13+/t33-,34-,40-,42+,44-,46-,48+,49+/m0/s1. The minimum Gasteiger partial charge on any atom is -0.495 e. The number of Topliss-reactive ketones (excluding diaryl/α,β-unsaturated/α-hetero) is 3. The van der Waals surface area contributed by atoms with Crippen molar-refractivity contribution in [1.82, 2.24) is 16.0 Å². The summed E-state index contributed by atoms with van der Waals surface area (Å²) in [6.45, 7) is 15.9. The summed E-state index contributed by atoms with van der Waals surface area (Å²) < 4.78 is 23.4. The van der Waals surface area contributed by atoms with Gasteiger partial charge in [-0.2, -0.15) is 0 Å². The van der Waals surface area contributed by atoms with Gasteiger partial charge in [0.1, 0.15) is 35.6 Å². The van der Waals surface area contributed by atoms with Crippen LogP contribution in [0, 0.1) is 29.1 Å². The number of hydrogen-bond acceptors (Lipinski definition) is 12. The molecule has 3 amide bonds. The van der Waals surface area contributed by atoms with Crippen LogP contribution in [0.15, 0.2) is 54.6 Å². The van der Waals surface area contributed by atoms with Crippen molar-refractivity contribution in [1.29, 1.82) is 0 Å². The molecule has 0 spiro atoms. The first-order valence-electron chi connectivity index (χ1n) is 24.6. The number of aryl methyl sites for hydroxylation is 1. The Hall–Kier alpha value is -5.41. The molecule has 16 heteroatoms. The third-order valence-electron chi connectivity index (χ3n) is 13.0. The molecule has 15 nitrogen and oxygen atoms in total. The Morgan fingerprint density at radius 3 is 2.20 bits per heavy atom. The van der Waals surface area contributed by atoms with Gasteiger partial charge in [0, 0.05) is 63.3 Å². The lowest BCUT2D eigenvalue weighted by Crippen LogP contribution is -2.51. The van der Waals surface area contributed by atoms with Crippen molar-refractivity contribution < 1.29 is 57.3 Å². The third kappa shape index (κ3) is 17.5. The van der Waals surface area contributed by atoms with E-state index in [1.807, 2.05) is 58.9 Å². The van der Waals surface area contributed by atoms with Crippen LogP contribution in [0.3, 0.4) is 0 Å². The van der Waals surface area contributed by atoms with Gasteiger partial charge in [-0.15, -0.1) is 0 Å². The average molecular weight is 993 g/mol. The lowest BCUT2D eigenvalue weighted by atomic mass is 9.88. The Kier molecular flexibility index (Phi) is 21.8. The maximum absolute atomic E-state index is 13.9. The molecular weight excluding hydrogens is 918 g/mol. The van der Waals surface area contributed by atoms with Gasteiger partial charge in [-0.1, -0.05) is 89.6 Å². The highest BCUT2D eigenvalue weighted by molar-refractivity contribution is 6.32. The summed E-state index contributed by atoms with van der Waals surface area (Å²) in [5.41, 5.74) is 1.19. The van der Waals surface area contributed by atoms with E-state index in [9.17, 15) is 38.4 Å². The van der Waals surface area contributed by atoms with Crippen LogP contribution in [-0.4, -0.2) is 91.1 Å². The van der Waals surface area contributed by atoms with Gasteiger partial charge in [0.15, 0.2) is 11.9 Å². The average Bonchev–Trinajstić information content (AvgIpc) is 4.11. The second kappa shape index (κ2) is 26.7. The molecule has 0 unspecified atom stereocenters. The van der Waals surface area contributed by atoms with Gasteiger partial charge >= 0.3 is 11.9 Å². The summed E-state index contributed by atoms with van der Waals surface area (Å²) in [4.78, 5) is 105. The first kappa shape index (κ1) is 57.2. The second-order valence-corrected chi connectivity index (χ2v) is 20.5. The molecule has 1 fully saturated rings. The molecule has 2 aliphatic heterocycles. The van der Waals surface area contributed by atoms with Crippen molar-refractivity contribution in [3.05, 3.63) is 76.3 Å². The fourth-order valence-corrected chi connectivity index (χ4v) is 8.50. The van der Waals surface area contributed by atoms with Crippen LogP contribution in [0.1, 0.15) is 136 Å². The summed E-state index contributed by atoms with van der Waals surface area (Å²) >= 11 is 6.37. The van der Waals surface area contributed by atoms with Crippen LogP contribution in [0.25, 0.3) is 0 Å². The number of rotatable bonds is 22. The van der Waals surface area contributed by atoms with E-state index < -0.39 is 59.4 Å². The highest BCUT2D eigenvalue weighted by atomic mass is 35.5. The van der Waals surface area contributed by atoms with E-state index in [0.717, 1.165) is 11.1 Å². The molecule has 384 valence electrons. The fourth-order valence-electron chi connectivity index (χ4n) is 8.22. The van der Waals surface area contributed by atoms with Crippen LogP contribution in [0.4, 0.5) is 0 Å². The number of benzene rings is 2. The number of methoxy groups -OCH3 is 1. The molecular formula is C54H74ClN3O12. The van der Waals surface area contributed by atoms with Crippen molar-refractivity contribution >= 4 is 58.6 Å². The topological polar surface area (TPSA) is 213 Å². The predicted octanol–water partition coefficient (Wildman–Crippen LogP) is 7.51. The lowest BCUT2D eigenvalue weighted by molar-refractivity contribution is -0.179. The minimum atomic E-state index is -1.26. The minimum absolute atomic E-state index is 0.0432. The number of cyclic esters (lactones) is 2. The summed E-state index contributed by atoms with van der Waals surface area (Å²) in [5, 5.41) is 8.70. The molecule has 0 aliphatic carbocycles. The first-order valence-corrected chi connectivity index (χ1v) is 25.0. The molecule has 0 radical (unpaired) electrons. The molecule has 0 bridgehead atoms. The van der Waals surface area contributed by atoms with Crippen LogP contribution < -0.4 is 20.7 Å². The van der Waals surface area contributed by atoms with Crippen molar-refractivity contribution in [2.24, 2.45) is 29.1 Å². The van der Waals surface area contributed by atoms with E-state index >= 15 is 0 Å². The van der Waals surface area contributed by atoms with E-state index in [0.29, 0.717) is 42.0 Å². The van der Waals surface area contributed by atoms with Crippen molar-refractivity contribution in [2.75, 3.05) is 13.7 Å². The smallest absolute Gasteiger partial charge is 0.347 e. The highest BCUT2D eigenvalue weighted by Gasteiger charge is 2.48. The van der Waals surface area contributed by atoms with Gasteiger partial charge in [-0.25, -0.2) is 4.79 Å². The molecule has 3 N–H and O–H groups in total. The number of carbonyl (C=O) groups is 8. The SMILES string of the molecule is CCC(=O)CCCC(=O)C[C@H](C(=O)N[C@@H](C)C(=O)CCc1ccc([C@H]2O[C@@H]2[C@@H](C)[C@@H]2C/C=C/C(=O)N[C@H](Cc3ccc(OC)c(Cl)c3)C(=O)NCC(C)(C)C(=O)O[C@@H](CC(C)C)C(=O)O2)cc1)C(C)C. The number of amides is 3. The Bertz CT molecular complexity index is 2200. The number of esters is 2. The van der Waals surface area contributed by atoms with E-state index in [4.69, 9.17) is 30.5 Å². The summed E-state index contributed by atoms with van der Waals surface area (Å²) in [6.07, 6.45) is 2.71. The molecule has 1 saturated heterocycles. The van der Waals surface area contributed by atoms with Crippen LogP contribution in [-0.2, 0) is 65.4 Å². The number of carbonyl (C=O) groups excluding carboxylic acids is 8. The van der Waals surface area contributed by atoms with E-state index in [1.165, 1.54) is 13.2 Å². The Balaban J connectivity index is 1.42. The largest absolute Gasteiger partial charge is 0.495 e. The van der Waals surface area contributed by atoms with Gasteiger partial charge < -0.3 is 34.9 Å². The second-order valence-electron chi connectivity index (χ2n) is 20.1. The van der Waals surface area contributed by atoms with Crippen LogP contribution in [0.2, 0.25) is 5.02 Å². The number of hydrogen-bond donors (Lipinski definition) is 3. The van der Waals surface area contributed by atoms with E-state index in [1.54, 1.807) is 52.0 Å². The quantitative estimate of drug-likeness (QED) is 0.0773. The Labute approximate surface area is 418 Å². The maximum Gasteiger partial charge on any atom is 0.347 e. The Morgan fingerprint density at radius 1 is 0.900 bits per heavy atom. The molecule has 4 rings (SSSR count). The van der Waals surface area contributed by atoms with Gasteiger partial charge in [0.05, 0.1) is 29.7 Å². The molecule has 2 heterocycles. The summed E-state index contributed by atoms with van der Waals surface area (Å²) in [6, 6.07) is 11.0. The zero-order valence-electron chi connectivity index (χ0n) is 42.5. The molecule has 70 heavy (non-hydrogen) atoms. The van der Waals surface area contributed by atoms with E-state index in [2.05, 4.69) is 16.0 Å². The first-order chi connectivity index (χ1) is 33.0. The van der Waals surface area contributed by atoms with Crippen molar-refractivity contribution in [3.63, 3.8) is 0 Å². The highest BCUT2D eigenvalue weighted by Crippen LogP contribution is 2.45. The molecule has 0 saturated carbocycles. The zero-order chi connectivity index (χ0) is 51.9. The van der Waals surface area contributed by atoms with Gasteiger partial charge in [-0.05, 0) is 86.8 Å². The van der Waals surface area contributed by atoms with Crippen LogP contribution in [0.5, 0.6) is 5.75 Å². The number of epoxide rings is 1. The Morgan fingerprint density at radius 2 is 1.57 bits per heavy atom. The van der Waals surface area contributed by atoms with Crippen molar-refractivity contribution in [3.8, 4) is 5.75 Å². The molecule has 0 aromatic heterocycles. The zero-order valence-corrected chi connectivity index (χ0v) is 43.3. The number of ether oxygens (including phenoxy) is 4. The number of ketones is 3. The normalized spacial score (nSPS) is 22.7. The number of halogens is 1. The molecule has 2 aromatic carbocycles. The van der Waals surface area contributed by atoms with Crippen molar-refractivity contribution in [2.45, 2.75) is 163 Å². The molecule has 8 atom stereocenters. The monoisotopic (exact) mass is 991 g/mol. The molecule has 2 aliphatic rings. The van der Waals surface area contributed by atoms with Crippen LogP contribution >= 0.6 is 11.6 Å². The number of nitrogens with one attached hydrogen (secondary N) is 3. The maximum atomic E-state index is 13.9. The van der Waals surface area contributed by atoms with Gasteiger partial charge in [-0.3, -0.25) is 33.6 Å². The summed E-state index contributed by atoms with van der Waals surface area (Å²) in [7, 11) is 1.49. The third-order valence-corrected chi connectivity index (χ3v) is 13.3. The van der Waals surface area contributed by atoms with Gasteiger partial charge in [0.25, 0.3) is 0 Å².